The van der Waals surface area contributed by atoms with Gasteiger partial charge in [0.05, 0.1) is 11.4 Å². The number of halogens is 4. The summed E-state index contributed by atoms with van der Waals surface area (Å²) < 4.78 is 63.4. The quantitative estimate of drug-likeness (QED) is 0.365. The van der Waals surface area contributed by atoms with Crippen LogP contribution in [0.3, 0.4) is 0 Å². The first-order valence-corrected chi connectivity index (χ1v) is 9.06. The van der Waals surface area contributed by atoms with E-state index >= 15 is 8.78 Å². The molecule has 4 aromatic rings. The highest BCUT2D eigenvalue weighted by molar-refractivity contribution is 5.50. The first-order chi connectivity index (χ1) is 13.8. The maximum Gasteiger partial charge on any atom is 0.154 e. The molecule has 0 aliphatic carbocycles. The Labute approximate surface area is 165 Å². The molecule has 0 amide bonds. The molecule has 0 spiro atoms. The lowest BCUT2D eigenvalue weighted by Crippen LogP contribution is -2.27. The number of nitrogens with zero attached hydrogens (tertiary/aromatic N) is 2. The summed E-state index contributed by atoms with van der Waals surface area (Å²) in [6.45, 7) is 2.82. The molecule has 0 saturated carbocycles. The fourth-order valence-electron chi connectivity index (χ4n) is 3.74. The molecule has 0 unspecified atom stereocenters. The van der Waals surface area contributed by atoms with Crippen LogP contribution in [0.2, 0.25) is 0 Å². The van der Waals surface area contributed by atoms with Crippen LogP contribution in [0.5, 0.6) is 0 Å². The molecule has 0 aliphatic heterocycles. The minimum atomic E-state index is -1.62. The highest BCUT2D eigenvalue weighted by Gasteiger charge is 2.37. The van der Waals surface area contributed by atoms with Gasteiger partial charge in [0.15, 0.2) is 11.6 Å². The van der Waals surface area contributed by atoms with Gasteiger partial charge in [-0.05, 0) is 48.5 Å². The minimum absolute atomic E-state index is 0.0989. The van der Waals surface area contributed by atoms with Gasteiger partial charge < -0.3 is 9.13 Å². The summed E-state index contributed by atoms with van der Waals surface area (Å²) in [5.74, 6) is -3.46. The first-order valence-electron chi connectivity index (χ1n) is 9.06. The molecular formula is C23H18F4N2. The Hall–Kier alpha value is -3.28. The molecule has 0 atom stereocenters. The van der Waals surface area contributed by atoms with Gasteiger partial charge in [0.1, 0.15) is 11.6 Å². The lowest BCUT2D eigenvalue weighted by Gasteiger charge is -2.29. The Morgan fingerprint density at radius 2 is 0.931 bits per heavy atom. The molecule has 4 rings (SSSR count). The van der Waals surface area contributed by atoms with E-state index in [9.17, 15) is 8.78 Å². The van der Waals surface area contributed by atoms with Crippen molar-refractivity contribution in [1.82, 2.24) is 9.13 Å². The average Bonchev–Trinajstić information content (AvgIpc) is 3.35. The van der Waals surface area contributed by atoms with Crippen LogP contribution in [-0.4, -0.2) is 9.13 Å². The van der Waals surface area contributed by atoms with E-state index in [-0.39, 0.29) is 11.4 Å². The monoisotopic (exact) mass is 398 g/mol. The molecule has 0 saturated heterocycles. The van der Waals surface area contributed by atoms with Crippen molar-refractivity contribution in [3.8, 4) is 11.4 Å². The fourth-order valence-corrected chi connectivity index (χ4v) is 3.74. The summed E-state index contributed by atoms with van der Waals surface area (Å²) in [5.41, 5.74) is -2.21. The number of rotatable bonds is 4. The normalized spacial score (nSPS) is 11.8. The van der Waals surface area contributed by atoms with Gasteiger partial charge in [-0.3, -0.25) is 0 Å². The van der Waals surface area contributed by atoms with E-state index in [1.54, 1.807) is 49.1 Å². The number of hydrogen-bond donors (Lipinski definition) is 0. The number of benzene rings is 2. The van der Waals surface area contributed by atoms with E-state index in [0.717, 1.165) is 12.1 Å². The molecule has 0 N–H and O–H groups in total. The van der Waals surface area contributed by atoms with Crippen molar-refractivity contribution in [2.75, 3.05) is 0 Å². The standard InChI is InChI=1S/C23H18F4N2/c1-23(2,19-15(24)7-9-17(21(19)26)28-11-3-4-12-28)20-16(25)8-10-18(22(20)27)29-13-5-6-14-29/h3-14H,1-2H3. The SMILES string of the molecule is CC(C)(c1c(F)ccc(-n2cccc2)c1F)c1c(F)ccc(-n2cccc2)c1F. The predicted molar refractivity (Wildman–Crippen MR) is 103 cm³/mol. The van der Waals surface area contributed by atoms with Crippen LogP contribution in [-0.2, 0) is 5.41 Å². The predicted octanol–water partition coefficient (Wildman–Crippen LogP) is 6.15. The van der Waals surface area contributed by atoms with Crippen molar-refractivity contribution >= 4 is 0 Å². The summed E-state index contributed by atoms with van der Waals surface area (Å²) >= 11 is 0. The summed E-state index contributed by atoms with van der Waals surface area (Å²) in [6.07, 6.45) is 6.45. The van der Waals surface area contributed by atoms with Crippen LogP contribution in [0.25, 0.3) is 11.4 Å². The van der Waals surface area contributed by atoms with Gasteiger partial charge in [0.25, 0.3) is 0 Å². The lowest BCUT2D eigenvalue weighted by atomic mass is 9.76. The Morgan fingerprint density at radius 1 is 0.586 bits per heavy atom. The number of aromatic nitrogens is 2. The second kappa shape index (κ2) is 6.95. The molecule has 0 aliphatic rings. The first kappa shape index (κ1) is 19.1. The second-order valence-electron chi connectivity index (χ2n) is 7.32. The van der Waals surface area contributed by atoms with Crippen molar-refractivity contribution < 1.29 is 17.6 Å². The van der Waals surface area contributed by atoms with Gasteiger partial charge in [-0.25, -0.2) is 17.6 Å². The Morgan fingerprint density at radius 3 is 1.28 bits per heavy atom. The highest BCUT2D eigenvalue weighted by Crippen LogP contribution is 2.40. The van der Waals surface area contributed by atoms with Gasteiger partial charge in [-0.2, -0.15) is 0 Å². The topological polar surface area (TPSA) is 9.86 Å². The molecule has 2 aromatic carbocycles. The fraction of sp³-hybridized carbons (Fsp3) is 0.130. The van der Waals surface area contributed by atoms with E-state index in [0.29, 0.717) is 0 Å². The van der Waals surface area contributed by atoms with Gasteiger partial charge >= 0.3 is 0 Å². The molecule has 2 nitrogen and oxygen atoms in total. The maximum atomic E-state index is 15.4. The van der Waals surface area contributed by atoms with Crippen LogP contribution in [0.1, 0.15) is 25.0 Å². The van der Waals surface area contributed by atoms with E-state index in [1.165, 1.54) is 35.1 Å². The van der Waals surface area contributed by atoms with Crippen molar-refractivity contribution in [2.24, 2.45) is 0 Å². The van der Waals surface area contributed by atoms with Gasteiger partial charge in [0.2, 0.25) is 0 Å². The molecule has 148 valence electrons. The van der Waals surface area contributed by atoms with E-state index in [2.05, 4.69) is 0 Å². The van der Waals surface area contributed by atoms with Crippen LogP contribution in [0, 0.1) is 23.3 Å². The van der Waals surface area contributed by atoms with Crippen molar-refractivity contribution in [3.05, 3.63) is 108 Å². The smallest absolute Gasteiger partial charge is 0.154 e. The summed E-state index contributed by atoms with van der Waals surface area (Å²) in [6, 6.07) is 11.6. The van der Waals surface area contributed by atoms with Crippen LogP contribution in [0.4, 0.5) is 17.6 Å². The third-order valence-corrected chi connectivity index (χ3v) is 5.16. The van der Waals surface area contributed by atoms with Gasteiger partial charge in [-0.15, -0.1) is 0 Å². The molecule has 0 fully saturated rings. The molecule has 6 heteroatoms. The van der Waals surface area contributed by atoms with Crippen LogP contribution in [0.15, 0.2) is 73.3 Å². The summed E-state index contributed by atoms with van der Waals surface area (Å²) in [7, 11) is 0. The third kappa shape index (κ3) is 3.05. The zero-order chi connectivity index (χ0) is 20.8. The molecule has 0 radical (unpaired) electrons. The summed E-state index contributed by atoms with van der Waals surface area (Å²) in [5, 5.41) is 0. The molecule has 2 heterocycles. The van der Waals surface area contributed by atoms with Crippen LogP contribution < -0.4 is 0 Å². The maximum absolute atomic E-state index is 15.4. The molecule has 29 heavy (non-hydrogen) atoms. The largest absolute Gasteiger partial charge is 0.321 e. The van der Waals surface area contributed by atoms with E-state index < -0.39 is 39.8 Å². The number of hydrogen-bond acceptors (Lipinski definition) is 0. The van der Waals surface area contributed by atoms with Crippen molar-refractivity contribution in [3.63, 3.8) is 0 Å². The second-order valence-corrected chi connectivity index (χ2v) is 7.32. The van der Waals surface area contributed by atoms with Crippen molar-refractivity contribution in [1.29, 1.82) is 0 Å². The Balaban J connectivity index is 1.95. The van der Waals surface area contributed by atoms with Gasteiger partial charge in [0, 0.05) is 41.3 Å². The molecule has 0 bridgehead atoms. The zero-order valence-electron chi connectivity index (χ0n) is 15.8. The minimum Gasteiger partial charge on any atom is -0.321 e. The Bertz CT molecular complexity index is 1070. The van der Waals surface area contributed by atoms with Gasteiger partial charge in [-0.1, -0.05) is 13.8 Å². The summed E-state index contributed by atoms with van der Waals surface area (Å²) in [4.78, 5) is 0. The van der Waals surface area contributed by atoms with Crippen LogP contribution >= 0.6 is 0 Å². The lowest BCUT2D eigenvalue weighted by molar-refractivity contribution is 0.451. The highest BCUT2D eigenvalue weighted by atomic mass is 19.1. The van der Waals surface area contributed by atoms with E-state index in [1.807, 2.05) is 0 Å². The molecular weight excluding hydrogens is 380 g/mol. The average molecular weight is 398 g/mol. The third-order valence-electron chi connectivity index (χ3n) is 5.16. The molecule has 2 aromatic heterocycles. The Kier molecular flexibility index (Phi) is 4.57. The van der Waals surface area contributed by atoms with E-state index in [4.69, 9.17) is 0 Å². The zero-order valence-corrected chi connectivity index (χ0v) is 15.8. The van der Waals surface area contributed by atoms with Crippen molar-refractivity contribution in [2.45, 2.75) is 19.3 Å².